The Hall–Kier alpha value is -3.19. The number of rotatable bonds is 7. The fourth-order valence-electron chi connectivity index (χ4n) is 3.59. The maximum absolute atomic E-state index is 14.3. The minimum absolute atomic E-state index is 0.0212. The van der Waals surface area contributed by atoms with Crippen molar-refractivity contribution in [1.29, 1.82) is 0 Å². The molecule has 1 heterocycles. The van der Waals surface area contributed by atoms with E-state index >= 15 is 0 Å². The van der Waals surface area contributed by atoms with E-state index in [2.05, 4.69) is 27.7 Å². The molecule has 0 saturated carbocycles. The first kappa shape index (κ1) is 27.8. The minimum Gasteiger partial charge on any atom is -0.490 e. The second kappa shape index (κ2) is 11.3. The Morgan fingerprint density at radius 3 is 2.18 bits per heavy atom. The SMILES string of the molecule is CCOc1cc(/C=C2/C(=O)N(c3c(F)c(F)c(F)c(F)c3F)N=C2C)cc(Cl)c1OCc1ccc(I)cc1. The number of benzene rings is 3. The summed E-state index contributed by atoms with van der Waals surface area (Å²) < 4.78 is 82.1. The van der Waals surface area contributed by atoms with Gasteiger partial charge in [0.25, 0.3) is 5.91 Å². The van der Waals surface area contributed by atoms with Crippen molar-refractivity contribution in [3.05, 3.63) is 90.8 Å². The lowest BCUT2D eigenvalue weighted by atomic mass is 10.1. The Morgan fingerprint density at radius 1 is 0.974 bits per heavy atom. The molecular formula is C26H17ClF5IN2O3. The van der Waals surface area contributed by atoms with Gasteiger partial charge in [0.1, 0.15) is 12.3 Å². The number of hydrogen-bond acceptors (Lipinski definition) is 4. The summed E-state index contributed by atoms with van der Waals surface area (Å²) in [4.78, 5) is 13.0. The maximum Gasteiger partial charge on any atom is 0.280 e. The highest BCUT2D eigenvalue weighted by atomic mass is 127. The van der Waals surface area contributed by atoms with Gasteiger partial charge in [-0.15, -0.1) is 0 Å². The highest BCUT2D eigenvalue weighted by Gasteiger charge is 2.37. The van der Waals surface area contributed by atoms with Gasteiger partial charge in [-0.25, -0.2) is 22.0 Å². The average Bonchev–Trinajstić information content (AvgIpc) is 3.15. The zero-order valence-electron chi connectivity index (χ0n) is 19.7. The van der Waals surface area contributed by atoms with Crippen LogP contribution in [-0.4, -0.2) is 18.2 Å². The Morgan fingerprint density at radius 2 is 1.58 bits per heavy atom. The summed E-state index contributed by atoms with van der Waals surface area (Å²) in [6.07, 6.45) is 1.31. The molecule has 0 spiro atoms. The molecule has 0 aromatic heterocycles. The smallest absolute Gasteiger partial charge is 0.280 e. The van der Waals surface area contributed by atoms with Crippen LogP contribution in [0.3, 0.4) is 0 Å². The van der Waals surface area contributed by atoms with Gasteiger partial charge >= 0.3 is 0 Å². The summed E-state index contributed by atoms with van der Waals surface area (Å²) in [5, 5.41) is 4.02. The summed E-state index contributed by atoms with van der Waals surface area (Å²) in [6, 6.07) is 10.7. The number of halogens is 7. The first-order valence-corrected chi connectivity index (χ1v) is 12.5. The largest absolute Gasteiger partial charge is 0.490 e. The number of hydrazone groups is 1. The van der Waals surface area contributed by atoms with Gasteiger partial charge < -0.3 is 9.47 Å². The van der Waals surface area contributed by atoms with E-state index in [9.17, 15) is 26.7 Å². The molecule has 0 saturated heterocycles. The lowest BCUT2D eigenvalue weighted by Gasteiger charge is -2.15. The van der Waals surface area contributed by atoms with Crippen LogP contribution in [0.15, 0.2) is 47.1 Å². The maximum atomic E-state index is 14.3. The summed E-state index contributed by atoms with van der Waals surface area (Å²) in [6.45, 7) is 3.57. The van der Waals surface area contributed by atoms with Crippen LogP contribution in [0.1, 0.15) is 25.0 Å². The monoisotopic (exact) mass is 662 g/mol. The van der Waals surface area contributed by atoms with Gasteiger partial charge in [0.15, 0.2) is 34.8 Å². The van der Waals surface area contributed by atoms with Crippen LogP contribution < -0.4 is 14.5 Å². The van der Waals surface area contributed by atoms with Crippen LogP contribution in [0.5, 0.6) is 11.5 Å². The molecule has 0 radical (unpaired) electrons. The van der Waals surface area contributed by atoms with Gasteiger partial charge in [-0.1, -0.05) is 23.7 Å². The predicted molar refractivity (Wildman–Crippen MR) is 141 cm³/mol. The van der Waals surface area contributed by atoms with Crippen molar-refractivity contribution in [2.75, 3.05) is 11.6 Å². The molecule has 1 aliphatic rings. The highest BCUT2D eigenvalue weighted by molar-refractivity contribution is 14.1. The van der Waals surface area contributed by atoms with E-state index in [1.807, 2.05) is 24.3 Å². The number of carbonyl (C=O) groups is 1. The molecule has 4 rings (SSSR count). The summed E-state index contributed by atoms with van der Waals surface area (Å²) in [5.74, 6) is -11.6. The predicted octanol–water partition coefficient (Wildman–Crippen LogP) is 7.42. The van der Waals surface area contributed by atoms with Gasteiger partial charge in [0.2, 0.25) is 5.82 Å². The molecule has 0 bridgehead atoms. The third-order valence-corrected chi connectivity index (χ3v) is 6.40. The highest BCUT2D eigenvalue weighted by Crippen LogP contribution is 2.39. The van der Waals surface area contributed by atoms with Crippen molar-refractivity contribution < 1.29 is 36.2 Å². The van der Waals surface area contributed by atoms with Gasteiger partial charge in [0, 0.05) is 3.57 Å². The Bertz CT molecular complexity index is 1470. The summed E-state index contributed by atoms with van der Waals surface area (Å²) >= 11 is 8.64. The van der Waals surface area contributed by atoms with E-state index in [1.54, 1.807) is 6.92 Å². The van der Waals surface area contributed by atoms with E-state index in [0.29, 0.717) is 5.56 Å². The van der Waals surface area contributed by atoms with Crippen molar-refractivity contribution in [2.24, 2.45) is 5.10 Å². The molecular weight excluding hydrogens is 646 g/mol. The van der Waals surface area contributed by atoms with E-state index in [-0.39, 0.29) is 46.0 Å². The summed E-state index contributed by atoms with van der Waals surface area (Å²) in [7, 11) is 0. The van der Waals surface area contributed by atoms with Crippen LogP contribution in [0, 0.1) is 32.7 Å². The van der Waals surface area contributed by atoms with E-state index in [1.165, 1.54) is 25.1 Å². The van der Waals surface area contributed by atoms with E-state index in [4.69, 9.17) is 21.1 Å². The number of hydrogen-bond donors (Lipinski definition) is 0. The molecule has 1 aliphatic heterocycles. The fraction of sp³-hybridized carbons (Fsp3) is 0.154. The van der Waals surface area contributed by atoms with E-state index in [0.717, 1.165) is 9.13 Å². The number of nitrogens with zero attached hydrogens (tertiary/aromatic N) is 2. The molecule has 38 heavy (non-hydrogen) atoms. The Kier molecular flexibility index (Phi) is 8.26. The molecule has 3 aromatic carbocycles. The lowest BCUT2D eigenvalue weighted by molar-refractivity contribution is -0.114. The third-order valence-electron chi connectivity index (χ3n) is 5.40. The first-order valence-electron chi connectivity index (χ1n) is 11.0. The van der Waals surface area contributed by atoms with Crippen molar-refractivity contribution in [1.82, 2.24) is 0 Å². The van der Waals surface area contributed by atoms with Crippen LogP contribution in [-0.2, 0) is 11.4 Å². The second-order valence-corrected chi connectivity index (χ2v) is 9.61. The summed E-state index contributed by atoms with van der Waals surface area (Å²) in [5.41, 5.74) is -0.405. The zero-order chi connectivity index (χ0) is 27.7. The molecule has 0 fully saturated rings. The van der Waals surface area contributed by atoms with Crippen molar-refractivity contribution >= 4 is 57.6 Å². The number of anilines is 1. The van der Waals surface area contributed by atoms with E-state index < -0.39 is 40.7 Å². The molecule has 198 valence electrons. The Labute approximate surface area is 232 Å². The quantitative estimate of drug-likeness (QED) is 0.0870. The van der Waals surface area contributed by atoms with Crippen LogP contribution in [0.25, 0.3) is 6.08 Å². The van der Waals surface area contributed by atoms with Crippen LogP contribution in [0.2, 0.25) is 5.02 Å². The Balaban J connectivity index is 1.67. The minimum atomic E-state index is -2.34. The second-order valence-electron chi connectivity index (χ2n) is 7.96. The molecule has 0 N–H and O–H groups in total. The first-order chi connectivity index (χ1) is 18.0. The van der Waals surface area contributed by atoms with Gasteiger partial charge in [0.05, 0.1) is 22.9 Å². The number of ether oxygens (including phenoxy) is 2. The lowest BCUT2D eigenvalue weighted by Crippen LogP contribution is -2.25. The van der Waals surface area contributed by atoms with Crippen LogP contribution in [0.4, 0.5) is 27.6 Å². The topological polar surface area (TPSA) is 51.1 Å². The fourth-order valence-corrected chi connectivity index (χ4v) is 4.23. The van der Waals surface area contributed by atoms with Crippen molar-refractivity contribution in [3.8, 4) is 11.5 Å². The van der Waals surface area contributed by atoms with Crippen LogP contribution >= 0.6 is 34.2 Å². The molecule has 0 unspecified atom stereocenters. The molecule has 1 amide bonds. The molecule has 0 aliphatic carbocycles. The van der Waals surface area contributed by atoms with Crippen molar-refractivity contribution in [3.63, 3.8) is 0 Å². The van der Waals surface area contributed by atoms with Gasteiger partial charge in [-0.3, -0.25) is 4.79 Å². The molecule has 0 atom stereocenters. The molecule has 3 aromatic rings. The van der Waals surface area contributed by atoms with Gasteiger partial charge in [-0.05, 0) is 77.9 Å². The average molecular weight is 663 g/mol. The zero-order valence-corrected chi connectivity index (χ0v) is 22.6. The standard InChI is InChI=1S/C26H17ClF5IN2O3/c1-3-37-18-10-14(9-17(27)25(18)38-11-13-4-6-15(33)7-5-13)8-16-12(2)34-35(26(16)36)24-22(31)20(29)19(28)21(30)23(24)32/h4-10H,3,11H2,1-2H3/b16-8+. The van der Waals surface area contributed by atoms with Crippen molar-refractivity contribution in [2.45, 2.75) is 20.5 Å². The van der Waals surface area contributed by atoms with Gasteiger partial charge in [-0.2, -0.15) is 10.1 Å². The normalized spacial score (nSPS) is 14.3. The third kappa shape index (κ3) is 5.35. The molecule has 12 heteroatoms. The number of carbonyl (C=O) groups excluding carboxylic acids is 1. The number of amides is 1. The molecule has 5 nitrogen and oxygen atoms in total.